The number of rotatable bonds is 2. The van der Waals surface area contributed by atoms with Gasteiger partial charge < -0.3 is 14.9 Å². The van der Waals surface area contributed by atoms with Crippen molar-refractivity contribution in [2.75, 3.05) is 17.4 Å². The third kappa shape index (κ3) is 2.00. The van der Waals surface area contributed by atoms with Gasteiger partial charge in [0.1, 0.15) is 12.1 Å². The van der Waals surface area contributed by atoms with Crippen LogP contribution in [0.2, 0.25) is 0 Å². The lowest BCUT2D eigenvalue weighted by Crippen LogP contribution is -2.54. The fraction of sp³-hybridized carbons (Fsp3) is 0.750. The lowest BCUT2D eigenvalue weighted by atomic mass is 10.2. The average molecular weight is 316 g/mol. The van der Waals surface area contributed by atoms with Crippen molar-refractivity contribution in [2.45, 2.75) is 36.7 Å². The molecule has 8 heteroatoms. The molecule has 2 amide bonds. The minimum atomic E-state index is -0.968. The second-order valence-corrected chi connectivity index (χ2v) is 7.93. The van der Waals surface area contributed by atoms with Gasteiger partial charge in [-0.15, -0.1) is 23.5 Å². The van der Waals surface area contributed by atoms with Gasteiger partial charge in [-0.1, -0.05) is 0 Å². The first-order valence-electron chi connectivity index (χ1n) is 6.51. The second kappa shape index (κ2) is 4.84. The molecule has 0 spiro atoms. The maximum atomic E-state index is 12.6. The van der Waals surface area contributed by atoms with E-state index in [-0.39, 0.29) is 16.7 Å². The highest BCUT2D eigenvalue weighted by Crippen LogP contribution is 2.47. The topological polar surface area (TPSA) is 77.9 Å². The molecule has 3 aliphatic rings. The Balaban J connectivity index is 1.81. The SMILES string of the molecule is CC12CCC(=O)N1C(C(=O)N1CSC[C@H]1C(=O)O)CS2. The van der Waals surface area contributed by atoms with Gasteiger partial charge in [0, 0.05) is 17.9 Å². The Morgan fingerprint density at radius 2 is 2.10 bits per heavy atom. The van der Waals surface area contributed by atoms with E-state index in [1.54, 1.807) is 16.7 Å². The summed E-state index contributed by atoms with van der Waals surface area (Å²) in [6, 6.07) is -1.26. The Kier molecular flexibility index (Phi) is 3.40. The highest BCUT2D eigenvalue weighted by molar-refractivity contribution is 8.01. The number of carbonyl (C=O) groups is 3. The highest BCUT2D eigenvalue weighted by Gasteiger charge is 2.54. The molecule has 0 aromatic heterocycles. The van der Waals surface area contributed by atoms with Crippen molar-refractivity contribution in [3.63, 3.8) is 0 Å². The number of amides is 2. The van der Waals surface area contributed by atoms with Crippen LogP contribution in [0.5, 0.6) is 0 Å². The van der Waals surface area contributed by atoms with E-state index in [0.717, 1.165) is 6.42 Å². The van der Waals surface area contributed by atoms with Crippen molar-refractivity contribution in [2.24, 2.45) is 0 Å². The molecule has 0 saturated carbocycles. The molecular weight excluding hydrogens is 300 g/mol. The predicted molar refractivity (Wildman–Crippen MR) is 76.3 cm³/mol. The van der Waals surface area contributed by atoms with Crippen LogP contribution in [-0.2, 0) is 14.4 Å². The molecule has 3 fully saturated rings. The Hall–Kier alpha value is -0.890. The molecule has 1 N–H and O–H groups in total. The summed E-state index contributed by atoms with van der Waals surface area (Å²) in [6.45, 7) is 1.99. The molecule has 2 unspecified atom stereocenters. The Bertz CT molecular complexity index is 486. The van der Waals surface area contributed by atoms with E-state index in [4.69, 9.17) is 0 Å². The third-order valence-electron chi connectivity index (χ3n) is 4.18. The first kappa shape index (κ1) is 14.1. The number of thioether (sulfide) groups is 2. The predicted octanol–water partition coefficient (Wildman–Crippen LogP) is 0.427. The monoisotopic (exact) mass is 316 g/mol. The van der Waals surface area contributed by atoms with E-state index in [0.29, 0.717) is 23.8 Å². The number of aliphatic carboxylic acids is 1. The largest absolute Gasteiger partial charge is 0.480 e. The molecule has 3 heterocycles. The van der Waals surface area contributed by atoms with E-state index in [9.17, 15) is 19.5 Å². The lowest BCUT2D eigenvalue weighted by Gasteiger charge is -2.32. The Labute approximate surface area is 125 Å². The van der Waals surface area contributed by atoms with Crippen molar-refractivity contribution < 1.29 is 19.5 Å². The normalized spacial score (nSPS) is 36.5. The van der Waals surface area contributed by atoms with Gasteiger partial charge in [0.05, 0.1) is 10.7 Å². The van der Waals surface area contributed by atoms with E-state index >= 15 is 0 Å². The smallest absolute Gasteiger partial charge is 0.327 e. The summed E-state index contributed by atoms with van der Waals surface area (Å²) in [6.07, 6.45) is 1.24. The number of carbonyl (C=O) groups excluding carboxylic acids is 2. The average Bonchev–Trinajstić information content (AvgIpc) is 3.05. The summed E-state index contributed by atoms with van der Waals surface area (Å²) < 4.78 is 0. The van der Waals surface area contributed by atoms with E-state index in [1.165, 1.54) is 16.7 Å². The molecule has 3 atom stereocenters. The fourth-order valence-electron chi connectivity index (χ4n) is 3.06. The minimum absolute atomic E-state index is 0.00887. The van der Waals surface area contributed by atoms with Crippen LogP contribution in [0.1, 0.15) is 19.8 Å². The molecule has 3 rings (SSSR count). The quantitative estimate of drug-likeness (QED) is 0.796. The molecule has 0 bridgehead atoms. The van der Waals surface area contributed by atoms with Crippen LogP contribution in [-0.4, -0.2) is 67.0 Å². The third-order valence-corrected chi connectivity index (χ3v) is 6.70. The summed E-state index contributed by atoms with van der Waals surface area (Å²) >= 11 is 3.07. The number of nitrogens with zero attached hydrogens (tertiary/aromatic N) is 2. The molecule has 3 aliphatic heterocycles. The van der Waals surface area contributed by atoms with Gasteiger partial charge in [-0.3, -0.25) is 9.59 Å². The van der Waals surface area contributed by atoms with Crippen LogP contribution < -0.4 is 0 Å². The van der Waals surface area contributed by atoms with Gasteiger partial charge in [-0.25, -0.2) is 4.79 Å². The summed E-state index contributed by atoms with van der Waals surface area (Å²) in [4.78, 5) is 38.7. The van der Waals surface area contributed by atoms with Gasteiger partial charge in [0.25, 0.3) is 0 Å². The molecule has 0 aromatic rings. The molecular formula is C12H16N2O4S2. The van der Waals surface area contributed by atoms with Crippen LogP contribution in [0.25, 0.3) is 0 Å². The van der Waals surface area contributed by atoms with E-state index < -0.39 is 18.1 Å². The maximum absolute atomic E-state index is 12.6. The minimum Gasteiger partial charge on any atom is -0.480 e. The number of carboxylic acids is 1. The van der Waals surface area contributed by atoms with Gasteiger partial charge in [-0.05, 0) is 13.3 Å². The molecule has 0 aliphatic carbocycles. The fourth-order valence-corrected chi connectivity index (χ4v) is 5.64. The van der Waals surface area contributed by atoms with Crippen LogP contribution in [0, 0.1) is 0 Å². The maximum Gasteiger partial charge on any atom is 0.327 e. The Morgan fingerprint density at radius 1 is 1.35 bits per heavy atom. The van der Waals surface area contributed by atoms with E-state index in [1.807, 2.05) is 6.92 Å². The van der Waals surface area contributed by atoms with Crippen molar-refractivity contribution in [1.82, 2.24) is 9.80 Å². The zero-order valence-corrected chi connectivity index (χ0v) is 12.7. The van der Waals surface area contributed by atoms with Gasteiger partial charge >= 0.3 is 5.97 Å². The summed E-state index contributed by atoms with van der Waals surface area (Å²) in [5, 5.41) is 9.17. The zero-order chi connectivity index (χ0) is 14.5. The molecule has 0 radical (unpaired) electrons. The van der Waals surface area contributed by atoms with Crippen molar-refractivity contribution in [3.8, 4) is 0 Å². The molecule has 0 aromatic carbocycles. The molecule has 110 valence electrons. The number of hydrogen-bond acceptors (Lipinski definition) is 5. The molecule has 20 heavy (non-hydrogen) atoms. The van der Waals surface area contributed by atoms with Crippen LogP contribution in [0.15, 0.2) is 0 Å². The number of hydrogen-bond donors (Lipinski definition) is 1. The first-order valence-corrected chi connectivity index (χ1v) is 8.65. The van der Waals surface area contributed by atoms with Crippen molar-refractivity contribution >= 4 is 41.3 Å². The second-order valence-electron chi connectivity index (χ2n) is 5.43. The van der Waals surface area contributed by atoms with E-state index in [2.05, 4.69) is 0 Å². The van der Waals surface area contributed by atoms with Crippen LogP contribution in [0.4, 0.5) is 0 Å². The van der Waals surface area contributed by atoms with Gasteiger partial charge in [-0.2, -0.15) is 0 Å². The lowest BCUT2D eigenvalue weighted by molar-refractivity contribution is -0.151. The Morgan fingerprint density at radius 3 is 2.80 bits per heavy atom. The van der Waals surface area contributed by atoms with Gasteiger partial charge in [0.15, 0.2) is 0 Å². The van der Waals surface area contributed by atoms with Crippen LogP contribution in [0.3, 0.4) is 0 Å². The zero-order valence-electron chi connectivity index (χ0n) is 11.1. The molecule has 3 saturated heterocycles. The molecule has 6 nitrogen and oxygen atoms in total. The van der Waals surface area contributed by atoms with Gasteiger partial charge in [0.2, 0.25) is 11.8 Å². The van der Waals surface area contributed by atoms with Crippen LogP contribution >= 0.6 is 23.5 Å². The standard InChI is InChI=1S/C12H16N2O4S2/c1-12-3-2-9(15)14(12)7(5-20-12)10(16)13-6-19-4-8(13)11(17)18/h7-8H,2-6H2,1H3,(H,17,18)/t7?,8-,12?/m0/s1. The number of fused-ring (bicyclic) bond motifs is 1. The van der Waals surface area contributed by atoms with Crippen molar-refractivity contribution in [1.29, 1.82) is 0 Å². The summed E-state index contributed by atoms with van der Waals surface area (Å²) in [5.74, 6) is 0.212. The highest BCUT2D eigenvalue weighted by atomic mass is 32.2. The first-order chi connectivity index (χ1) is 9.44. The summed E-state index contributed by atoms with van der Waals surface area (Å²) in [7, 11) is 0. The number of carboxylic acid groups (broad SMARTS) is 1. The van der Waals surface area contributed by atoms with Crippen molar-refractivity contribution in [3.05, 3.63) is 0 Å². The summed E-state index contributed by atoms with van der Waals surface area (Å²) in [5.41, 5.74) is 0.